The zero-order valence-corrected chi connectivity index (χ0v) is 11.5. The summed E-state index contributed by atoms with van der Waals surface area (Å²) in [6.07, 6.45) is -4.87. The second-order valence-electron chi connectivity index (χ2n) is 5.75. The monoisotopic (exact) mass is 330 g/mol. The summed E-state index contributed by atoms with van der Waals surface area (Å²) in [6, 6.07) is 0. The van der Waals surface area contributed by atoms with E-state index in [-0.39, 0.29) is 12.3 Å². The lowest BCUT2D eigenvalue weighted by atomic mass is 9.83. The lowest BCUT2D eigenvalue weighted by Gasteiger charge is -2.40. The molecule has 2 N–H and O–H groups in total. The van der Waals surface area contributed by atoms with Crippen molar-refractivity contribution in [3.63, 3.8) is 0 Å². The third-order valence-electron chi connectivity index (χ3n) is 4.23. The number of carbonyl (C=O) groups is 1. The van der Waals surface area contributed by atoms with Crippen molar-refractivity contribution in [2.45, 2.75) is 43.8 Å². The summed E-state index contributed by atoms with van der Waals surface area (Å²) >= 11 is 0. The fraction of sp³-hybridized carbons (Fsp3) is 0.769. The molecule has 1 fully saturated rings. The predicted octanol–water partition coefficient (Wildman–Crippen LogP) is 2.01. The quantitative estimate of drug-likeness (QED) is 0.358. The molecule has 0 radical (unpaired) electrons. The van der Waals surface area contributed by atoms with Gasteiger partial charge in [-0.3, -0.25) is 4.79 Å². The van der Waals surface area contributed by atoms with Crippen LogP contribution in [0.3, 0.4) is 0 Å². The number of rotatable bonds is 4. The van der Waals surface area contributed by atoms with E-state index >= 15 is 0 Å². The second-order valence-corrected chi connectivity index (χ2v) is 5.75. The van der Waals surface area contributed by atoms with E-state index in [1.54, 1.807) is 12.2 Å². The van der Waals surface area contributed by atoms with Crippen LogP contribution in [0.2, 0.25) is 0 Å². The first-order valence-corrected chi connectivity index (χ1v) is 6.63. The average Bonchev–Trinajstić information content (AvgIpc) is 2.97. The van der Waals surface area contributed by atoms with Gasteiger partial charge in [-0.05, 0) is 30.6 Å². The van der Waals surface area contributed by atoms with Crippen LogP contribution < -0.4 is 0 Å². The number of halogens is 5. The maximum atomic E-state index is 14.2. The van der Waals surface area contributed by atoms with E-state index in [9.17, 15) is 37.0 Å². The number of aliphatic hydroxyl groups is 2. The van der Waals surface area contributed by atoms with E-state index in [4.69, 9.17) is 0 Å². The fourth-order valence-electron chi connectivity index (χ4n) is 3.18. The molecule has 2 aliphatic carbocycles. The third kappa shape index (κ3) is 2.50. The average molecular weight is 330 g/mol. The van der Waals surface area contributed by atoms with Gasteiger partial charge in [-0.15, -0.1) is 0 Å². The van der Waals surface area contributed by atoms with E-state index in [2.05, 4.69) is 4.74 Å². The predicted molar refractivity (Wildman–Crippen MR) is 62.6 cm³/mol. The molecule has 0 spiro atoms. The molecular weight excluding hydrogens is 315 g/mol. The van der Waals surface area contributed by atoms with Crippen molar-refractivity contribution >= 4 is 5.97 Å². The Balaban J connectivity index is 2.32. The highest BCUT2D eigenvalue weighted by atomic mass is 19.4. The number of hydrogen-bond donors (Lipinski definition) is 2. The van der Waals surface area contributed by atoms with Crippen LogP contribution >= 0.6 is 0 Å². The number of fused-ring (bicyclic) bond motifs is 2. The fourth-order valence-corrected chi connectivity index (χ4v) is 3.18. The number of allylic oxidation sites excluding steroid dienone is 2. The molecule has 126 valence electrons. The topological polar surface area (TPSA) is 66.8 Å². The normalized spacial score (nSPS) is 31.9. The van der Waals surface area contributed by atoms with Crippen LogP contribution in [0.15, 0.2) is 12.2 Å². The maximum Gasteiger partial charge on any atom is 0.462 e. The summed E-state index contributed by atoms with van der Waals surface area (Å²) < 4.78 is 70.4. The minimum Gasteiger partial charge on any atom is -0.418 e. The highest BCUT2D eigenvalue weighted by molar-refractivity contribution is 5.66. The second kappa shape index (κ2) is 5.16. The van der Waals surface area contributed by atoms with Crippen LogP contribution in [0.1, 0.15) is 19.8 Å². The van der Waals surface area contributed by atoms with Crippen LogP contribution in [0, 0.1) is 17.8 Å². The van der Waals surface area contributed by atoms with Crippen molar-refractivity contribution in [1.29, 1.82) is 0 Å². The van der Waals surface area contributed by atoms with Crippen molar-refractivity contribution in [1.82, 2.24) is 0 Å². The molecule has 2 bridgehead atoms. The van der Waals surface area contributed by atoms with Crippen LogP contribution in [-0.2, 0) is 9.53 Å². The van der Waals surface area contributed by atoms with Crippen molar-refractivity contribution < 1.29 is 41.7 Å². The summed E-state index contributed by atoms with van der Waals surface area (Å²) in [5, 5.41) is 19.1. The Kier molecular flexibility index (Phi) is 4.02. The maximum absolute atomic E-state index is 14.2. The Labute approximate surface area is 122 Å². The van der Waals surface area contributed by atoms with Crippen LogP contribution in [0.25, 0.3) is 0 Å². The van der Waals surface area contributed by atoms with Gasteiger partial charge >= 0.3 is 23.9 Å². The molecule has 22 heavy (non-hydrogen) atoms. The molecule has 0 amide bonds. The molecule has 1 saturated carbocycles. The minimum absolute atomic E-state index is 0.0758. The number of hydrogen-bond acceptors (Lipinski definition) is 4. The van der Waals surface area contributed by atoms with Crippen molar-refractivity contribution in [2.75, 3.05) is 0 Å². The summed E-state index contributed by atoms with van der Waals surface area (Å²) in [7, 11) is 0. The molecule has 5 unspecified atom stereocenters. The highest BCUT2D eigenvalue weighted by Gasteiger charge is 2.76. The van der Waals surface area contributed by atoms with Crippen molar-refractivity contribution in [2.24, 2.45) is 17.8 Å². The van der Waals surface area contributed by atoms with Crippen LogP contribution in [-0.4, -0.2) is 40.2 Å². The number of carbonyl (C=O) groups excluding carboxylic acids is 1. The Morgan fingerprint density at radius 2 is 1.82 bits per heavy atom. The minimum atomic E-state index is -5.96. The van der Waals surface area contributed by atoms with Crippen molar-refractivity contribution in [3.05, 3.63) is 12.2 Å². The lowest BCUT2D eigenvalue weighted by molar-refractivity contribution is -0.430. The molecule has 0 aromatic heterocycles. The first-order valence-electron chi connectivity index (χ1n) is 6.63. The summed E-state index contributed by atoms with van der Waals surface area (Å²) in [5.41, 5.74) is 0. The Bertz CT molecular complexity index is 489. The number of esters is 1. The SMILES string of the molecule is CC(=O)OC(O)(C(F)(F)F)C(F)(F)C(O)C1CC2C=CC1C2. The summed E-state index contributed by atoms with van der Waals surface area (Å²) in [4.78, 5) is 10.7. The third-order valence-corrected chi connectivity index (χ3v) is 4.23. The standard InChI is InChI=1S/C13H15F5O4/c1-6(19)22-12(21,13(16,17)18)11(14,15)10(20)9-5-7-2-3-8(9)4-7/h2-3,7-10,20-21H,4-5H2,1H3. The molecule has 2 rings (SSSR count). The van der Waals surface area contributed by atoms with Gasteiger partial charge in [0.15, 0.2) is 0 Å². The van der Waals surface area contributed by atoms with Gasteiger partial charge in [0.25, 0.3) is 0 Å². The first kappa shape index (κ1) is 17.1. The van der Waals surface area contributed by atoms with Gasteiger partial charge in [-0.2, -0.15) is 22.0 Å². The summed E-state index contributed by atoms with van der Waals surface area (Å²) in [5.74, 6) is -13.6. The number of aliphatic hydroxyl groups excluding tert-OH is 1. The van der Waals surface area contributed by atoms with E-state index in [1.807, 2.05) is 0 Å². The molecule has 9 heteroatoms. The molecule has 0 aromatic rings. The van der Waals surface area contributed by atoms with E-state index in [1.165, 1.54) is 0 Å². The van der Waals surface area contributed by atoms with Gasteiger partial charge in [-0.1, -0.05) is 12.2 Å². The molecule has 5 atom stereocenters. The molecular formula is C13H15F5O4. The number of ether oxygens (including phenoxy) is 1. The Morgan fingerprint density at radius 1 is 1.23 bits per heavy atom. The van der Waals surface area contributed by atoms with E-state index in [0.29, 0.717) is 13.3 Å². The zero-order chi connectivity index (χ0) is 16.9. The number of alkyl halides is 5. The Hall–Kier alpha value is -1.22. The first-order chi connectivity index (χ1) is 9.90. The molecule has 0 heterocycles. The van der Waals surface area contributed by atoms with Gasteiger partial charge in [0.05, 0.1) is 0 Å². The van der Waals surface area contributed by atoms with E-state index in [0.717, 1.165) is 0 Å². The Morgan fingerprint density at radius 3 is 2.18 bits per heavy atom. The molecule has 0 aromatic carbocycles. The van der Waals surface area contributed by atoms with Gasteiger partial charge in [0, 0.05) is 6.92 Å². The largest absolute Gasteiger partial charge is 0.462 e. The van der Waals surface area contributed by atoms with Gasteiger partial charge in [0.1, 0.15) is 6.10 Å². The highest BCUT2D eigenvalue weighted by Crippen LogP contribution is 2.52. The van der Waals surface area contributed by atoms with Gasteiger partial charge in [-0.25, -0.2) is 0 Å². The van der Waals surface area contributed by atoms with E-state index < -0.39 is 41.8 Å². The van der Waals surface area contributed by atoms with Gasteiger partial charge in [0.2, 0.25) is 0 Å². The van der Waals surface area contributed by atoms with Crippen LogP contribution in [0.4, 0.5) is 22.0 Å². The molecule has 4 nitrogen and oxygen atoms in total. The van der Waals surface area contributed by atoms with Crippen molar-refractivity contribution in [3.8, 4) is 0 Å². The lowest BCUT2D eigenvalue weighted by Crippen LogP contribution is -2.66. The zero-order valence-electron chi connectivity index (χ0n) is 11.5. The van der Waals surface area contributed by atoms with Crippen LogP contribution in [0.5, 0.6) is 0 Å². The van der Waals surface area contributed by atoms with Gasteiger partial charge < -0.3 is 14.9 Å². The summed E-state index contributed by atoms with van der Waals surface area (Å²) in [6.45, 7) is 0.458. The molecule has 2 aliphatic rings. The molecule has 0 saturated heterocycles. The molecule has 0 aliphatic heterocycles. The smallest absolute Gasteiger partial charge is 0.418 e.